The normalized spacial score (nSPS) is 14.6. The molecule has 1 aliphatic heterocycles. The van der Waals surface area contributed by atoms with E-state index in [9.17, 15) is 13.2 Å². The van der Waals surface area contributed by atoms with Crippen molar-refractivity contribution in [2.45, 2.75) is 24.2 Å². The molecule has 2 aromatic carbocycles. The predicted octanol–water partition coefficient (Wildman–Crippen LogP) is 3.58. The Labute approximate surface area is 182 Å². The first kappa shape index (κ1) is 19.8. The number of amidine groups is 1. The number of anilines is 1. The highest BCUT2D eigenvalue weighted by Gasteiger charge is 2.28. The molecule has 148 valence electrons. The lowest BCUT2D eigenvalue weighted by Gasteiger charge is -2.17. The Kier molecular flexibility index (Phi) is 5.50. The number of halogens is 1. The molecular formula is C20H17IN4O3S. The number of hydrogen-bond acceptors (Lipinski definition) is 5. The van der Waals surface area contributed by atoms with E-state index in [2.05, 4.69) is 14.7 Å². The lowest BCUT2D eigenvalue weighted by atomic mass is 10.0. The number of nitrogens with zero attached hydrogens (tertiary/aromatic N) is 3. The third-order valence-corrected chi connectivity index (χ3v) is 6.56. The van der Waals surface area contributed by atoms with Crippen molar-refractivity contribution in [1.82, 2.24) is 9.55 Å². The van der Waals surface area contributed by atoms with Crippen LogP contribution in [0.3, 0.4) is 0 Å². The minimum atomic E-state index is -3.88. The fraction of sp³-hybridized carbons (Fsp3) is 0.150. The molecule has 1 N–H and O–H groups in total. The van der Waals surface area contributed by atoms with Crippen LogP contribution in [-0.2, 0) is 21.2 Å². The van der Waals surface area contributed by atoms with E-state index < -0.39 is 10.0 Å². The monoisotopic (exact) mass is 520 g/mol. The summed E-state index contributed by atoms with van der Waals surface area (Å²) in [6, 6.07) is 12.9. The van der Waals surface area contributed by atoms with Gasteiger partial charge in [-0.25, -0.2) is 4.98 Å². The van der Waals surface area contributed by atoms with Crippen molar-refractivity contribution in [1.29, 1.82) is 0 Å². The number of rotatable bonds is 6. The molecule has 0 atom stereocenters. The molecule has 0 unspecified atom stereocenters. The second-order valence-electron chi connectivity index (χ2n) is 6.56. The van der Waals surface area contributed by atoms with Gasteiger partial charge >= 0.3 is 0 Å². The summed E-state index contributed by atoms with van der Waals surface area (Å²) < 4.78 is 31.2. The number of aromatic nitrogens is 2. The van der Waals surface area contributed by atoms with E-state index in [1.54, 1.807) is 24.7 Å². The van der Waals surface area contributed by atoms with E-state index >= 15 is 0 Å². The molecule has 0 amide bonds. The van der Waals surface area contributed by atoms with Crippen LogP contribution in [0.2, 0.25) is 0 Å². The molecule has 0 fully saturated rings. The van der Waals surface area contributed by atoms with Crippen molar-refractivity contribution in [3.63, 3.8) is 0 Å². The molecule has 0 saturated carbocycles. The van der Waals surface area contributed by atoms with E-state index in [0.717, 1.165) is 14.8 Å². The summed E-state index contributed by atoms with van der Waals surface area (Å²) in [5.74, 6) is -0.445. The third kappa shape index (κ3) is 4.25. The lowest BCUT2D eigenvalue weighted by molar-refractivity contribution is -0.113. The van der Waals surface area contributed by atoms with Crippen molar-refractivity contribution in [3.8, 4) is 5.69 Å². The van der Waals surface area contributed by atoms with Gasteiger partial charge in [-0.05, 0) is 65.3 Å². The van der Waals surface area contributed by atoms with Gasteiger partial charge in [0.2, 0.25) is 0 Å². The molecule has 1 aromatic heterocycles. The molecule has 7 nitrogen and oxygen atoms in total. The van der Waals surface area contributed by atoms with Gasteiger partial charge in [0.25, 0.3) is 10.0 Å². The molecule has 29 heavy (non-hydrogen) atoms. The number of para-hydroxylation sites is 1. The van der Waals surface area contributed by atoms with Crippen LogP contribution in [0.4, 0.5) is 5.69 Å². The van der Waals surface area contributed by atoms with Gasteiger partial charge in [0.1, 0.15) is 4.90 Å². The summed E-state index contributed by atoms with van der Waals surface area (Å²) in [4.78, 5) is 16.8. The molecule has 1 aliphatic rings. The molecule has 2 heterocycles. The molecule has 9 heteroatoms. The van der Waals surface area contributed by atoms with Crippen LogP contribution in [0.25, 0.3) is 5.69 Å². The first-order valence-electron chi connectivity index (χ1n) is 8.95. The Morgan fingerprint density at radius 3 is 2.79 bits per heavy atom. The van der Waals surface area contributed by atoms with Crippen LogP contribution in [0.5, 0.6) is 0 Å². The first-order chi connectivity index (χ1) is 13.9. The van der Waals surface area contributed by atoms with Crippen molar-refractivity contribution in [2.75, 3.05) is 5.32 Å². The average molecular weight is 520 g/mol. The van der Waals surface area contributed by atoms with Crippen molar-refractivity contribution < 1.29 is 13.2 Å². The summed E-state index contributed by atoms with van der Waals surface area (Å²) in [5.41, 5.74) is 2.48. The van der Waals surface area contributed by atoms with Crippen LogP contribution < -0.4 is 5.32 Å². The molecular weight excluding hydrogens is 503 g/mol. The second-order valence-corrected chi connectivity index (χ2v) is 9.37. The summed E-state index contributed by atoms with van der Waals surface area (Å²) in [6.45, 7) is 0. The van der Waals surface area contributed by atoms with Gasteiger partial charge in [-0.2, -0.15) is 8.42 Å². The molecule has 3 aromatic rings. The molecule has 0 aliphatic carbocycles. The molecule has 0 saturated heterocycles. The largest absolute Gasteiger partial charge is 0.335 e. The SMILES string of the molecule is O=C(CCCc1ccccc1-n1ccnc1)C1=NS(=O)(=O)c2cc(I)ccc2N1. The van der Waals surface area contributed by atoms with Gasteiger partial charge < -0.3 is 9.88 Å². The zero-order valence-corrected chi connectivity index (χ0v) is 18.2. The van der Waals surface area contributed by atoms with Crippen LogP contribution in [0, 0.1) is 3.57 Å². The van der Waals surface area contributed by atoms with Crippen LogP contribution in [0.15, 0.2) is 70.5 Å². The average Bonchev–Trinajstić information content (AvgIpc) is 3.23. The predicted molar refractivity (Wildman–Crippen MR) is 119 cm³/mol. The number of Topliss-reactive ketones (excluding diaryl/α,β-unsaturated/α-hetero) is 1. The quantitative estimate of drug-likeness (QED) is 0.502. The Bertz CT molecular complexity index is 1200. The molecule has 0 radical (unpaired) electrons. The maximum Gasteiger partial charge on any atom is 0.286 e. The maximum absolute atomic E-state index is 12.6. The van der Waals surface area contributed by atoms with Crippen molar-refractivity contribution >= 4 is 49.9 Å². The minimum Gasteiger partial charge on any atom is -0.335 e. The number of ketones is 1. The van der Waals surface area contributed by atoms with Gasteiger partial charge in [0.05, 0.1) is 12.0 Å². The van der Waals surface area contributed by atoms with E-state index in [1.807, 2.05) is 57.6 Å². The first-order valence-corrected chi connectivity index (χ1v) is 11.5. The van der Waals surface area contributed by atoms with Gasteiger partial charge in [0, 0.05) is 28.1 Å². The van der Waals surface area contributed by atoms with E-state index in [4.69, 9.17) is 0 Å². The van der Waals surface area contributed by atoms with Crippen LogP contribution in [0.1, 0.15) is 18.4 Å². The topological polar surface area (TPSA) is 93.4 Å². The number of carbonyl (C=O) groups excluding carboxylic acids is 1. The zero-order valence-electron chi connectivity index (χ0n) is 15.2. The summed E-state index contributed by atoms with van der Waals surface area (Å²) in [7, 11) is -3.88. The number of fused-ring (bicyclic) bond motifs is 1. The van der Waals surface area contributed by atoms with Crippen molar-refractivity contribution in [2.24, 2.45) is 4.40 Å². The van der Waals surface area contributed by atoms with E-state index in [-0.39, 0.29) is 22.9 Å². The smallest absolute Gasteiger partial charge is 0.286 e. The Hall–Kier alpha value is -2.53. The second kappa shape index (κ2) is 8.07. The van der Waals surface area contributed by atoms with E-state index in [1.165, 1.54) is 6.07 Å². The van der Waals surface area contributed by atoms with Crippen molar-refractivity contribution in [3.05, 3.63) is 70.3 Å². The Morgan fingerprint density at radius 2 is 2.00 bits per heavy atom. The maximum atomic E-state index is 12.6. The Balaban J connectivity index is 1.46. The summed E-state index contributed by atoms with van der Waals surface area (Å²) >= 11 is 2.04. The highest BCUT2D eigenvalue weighted by Crippen LogP contribution is 2.29. The highest BCUT2D eigenvalue weighted by atomic mass is 127. The fourth-order valence-corrected chi connectivity index (χ4v) is 5.05. The van der Waals surface area contributed by atoms with Crippen LogP contribution >= 0.6 is 22.6 Å². The number of carbonyl (C=O) groups is 1. The standard InChI is InChI=1S/C20H17IN4O3S/c21-15-8-9-16-19(12-15)29(27,28)24-20(23-16)18(26)7-3-5-14-4-1-2-6-17(14)25-11-10-22-13-25/h1-2,4,6,8-13H,3,5,7H2,(H,23,24). The van der Waals surface area contributed by atoms with Gasteiger partial charge in [-0.1, -0.05) is 18.2 Å². The molecule has 4 rings (SSSR count). The lowest BCUT2D eigenvalue weighted by Crippen LogP contribution is -2.29. The molecule has 0 spiro atoms. The number of nitrogens with one attached hydrogen (secondary N) is 1. The van der Waals surface area contributed by atoms with Gasteiger partial charge in [0.15, 0.2) is 11.6 Å². The number of aryl methyl sites for hydroxylation is 1. The summed E-state index contributed by atoms with van der Waals surface area (Å²) in [5, 5.41) is 2.87. The highest BCUT2D eigenvalue weighted by molar-refractivity contribution is 14.1. The summed E-state index contributed by atoms with van der Waals surface area (Å²) in [6.07, 6.45) is 6.76. The van der Waals surface area contributed by atoms with E-state index in [0.29, 0.717) is 18.5 Å². The van der Waals surface area contributed by atoms with Gasteiger partial charge in [-0.3, -0.25) is 4.79 Å². The van der Waals surface area contributed by atoms with Crippen LogP contribution in [-0.4, -0.2) is 29.6 Å². The minimum absolute atomic E-state index is 0.0928. The fourth-order valence-electron chi connectivity index (χ4n) is 3.19. The molecule has 0 bridgehead atoms. The van der Waals surface area contributed by atoms with Gasteiger partial charge in [-0.15, -0.1) is 4.40 Å². The Morgan fingerprint density at radius 1 is 1.17 bits per heavy atom. The number of benzene rings is 2. The number of imidazole rings is 1. The third-order valence-electron chi connectivity index (χ3n) is 4.57. The zero-order chi connectivity index (χ0) is 20.4. The number of sulfonamides is 1. The number of hydrogen-bond donors (Lipinski definition) is 1.